The van der Waals surface area contributed by atoms with E-state index in [-0.39, 0.29) is 17.6 Å². The Morgan fingerprint density at radius 1 is 1.38 bits per heavy atom. The molecular weight excluding hydrogens is 262 g/mol. The summed E-state index contributed by atoms with van der Waals surface area (Å²) in [6, 6.07) is 0. The summed E-state index contributed by atoms with van der Waals surface area (Å²) in [5.41, 5.74) is 0.907. The molecule has 0 aliphatic heterocycles. The third kappa shape index (κ3) is 7.28. The zero-order valence-corrected chi connectivity index (χ0v) is 14.1. The van der Waals surface area contributed by atoms with Crippen molar-refractivity contribution in [2.45, 2.75) is 58.7 Å². The molecule has 0 N–H and O–H groups in total. The summed E-state index contributed by atoms with van der Waals surface area (Å²) in [7, 11) is 1.86. The van der Waals surface area contributed by atoms with Crippen LogP contribution in [0.4, 0.5) is 0 Å². The van der Waals surface area contributed by atoms with Gasteiger partial charge in [-0.05, 0) is 39.2 Å². The summed E-state index contributed by atoms with van der Waals surface area (Å²) in [5.74, 6) is 0.142. The number of ether oxygens (including phenoxy) is 1. The minimum Gasteiger partial charge on any atom is -0.371 e. The van der Waals surface area contributed by atoms with E-state index in [1.807, 2.05) is 46.0 Å². The number of carbonyl (C=O) groups excluding carboxylic acids is 1. The van der Waals surface area contributed by atoms with Gasteiger partial charge in [0.2, 0.25) is 5.91 Å². The van der Waals surface area contributed by atoms with E-state index >= 15 is 0 Å². The van der Waals surface area contributed by atoms with E-state index in [9.17, 15) is 4.79 Å². The van der Waals surface area contributed by atoms with Crippen LogP contribution in [0.2, 0.25) is 0 Å². The maximum Gasteiger partial charge on any atom is 0.226 e. The number of hydrogen-bond acceptors (Lipinski definition) is 2. The van der Waals surface area contributed by atoms with Crippen molar-refractivity contribution in [2.24, 2.45) is 0 Å². The molecule has 3 heteroatoms. The van der Waals surface area contributed by atoms with Crippen LogP contribution in [0.1, 0.15) is 47.0 Å². The van der Waals surface area contributed by atoms with E-state index in [1.165, 1.54) is 0 Å². The summed E-state index contributed by atoms with van der Waals surface area (Å²) in [6.45, 7) is 8.88. The number of amides is 1. The van der Waals surface area contributed by atoms with E-state index < -0.39 is 0 Å². The molecule has 0 heterocycles. The number of hydrogen-bond donors (Lipinski definition) is 0. The standard InChI is InChI=1S/C18H29NO2/c1-6-16(21-18(2,3)4)14-19(5)17(20)13-15-11-9-7-8-10-12-15/h7-9,11-12,16H,6,10,13-14H2,1-5H3. The van der Waals surface area contributed by atoms with Crippen LogP contribution in [0.25, 0.3) is 0 Å². The number of allylic oxidation sites excluding steroid dienone is 5. The summed E-state index contributed by atoms with van der Waals surface area (Å²) >= 11 is 0. The van der Waals surface area contributed by atoms with Gasteiger partial charge in [-0.25, -0.2) is 0 Å². The van der Waals surface area contributed by atoms with Crippen molar-refractivity contribution in [3.8, 4) is 0 Å². The molecule has 1 unspecified atom stereocenters. The predicted molar refractivity (Wildman–Crippen MR) is 88.2 cm³/mol. The molecule has 0 aromatic carbocycles. The first-order chi connectivity index (χ1) is 9.81. The molecule has 1 rings (SSSR count). The molecule has 0 fully saturated rings. The third-order valence-corrected chi connectivity index (χ3v) is 3.31. The number of likely N-dealkylation sites (N-methyl/N-ethyl adjacent to an activating group) is 1. The lowest BCUT2D eigenvalue weighted by Gasteiger charge is -2.30. The summed E-state index contributed by atoms with van der Waals surface area (Å²) < 4.78 is 5.99. The normalized spacial score (nSPS) is 16.3. The highest BCUT2D eigenvalue weighted by Crippen LogP contribution is 2.15. The first-order valence-corrected chi connectivity index (χ1v) is 7.76. The van der Waals surface area contributed by atoms with Crippen molar-refractivity contribution in [3.63, 3.8) is 0 Å². The molecule has 1 amide bonds. The van der Waals surface area contributed by atoms with Crippen LogP contribution in [0.5, 0.6) is 0 Å². The van der Waals surface area contributed by atoms with Crippen LogP contribution < -0.4 is 0 Å². The minimum absolute atomic E-state index is 0.0827. The van der Waals surface area contributed by atoms with Gasteiger partial charge in [-0.15, -0.1) is 0 Å². The third-order valence-electron chi connectivity index (χ3n) is 3.31. The van der Waals surface area contributed by atoms with Gasteiger partial charge in [0.05, 0.1) is 18.1 Å². The van der Waals surface area contributed by atoms with E-state index in [0.717, 1.165) is 18.4 Å². The monoisotopic (exact) mass is 291 g/mol. The molecular formula is C18H29NO2. The first kappa shape index (κ1) is 17.7. The summed E-state index contributed by atoms with van der Waals surface area (Å²) in [5, 5.41) is 0. The van der Waals surface area contributed by atoms with Crippen molar-refractivity contribution in [1.82, 2.24) is 4.90 Å². The number of rotatable bonds is 6. The Morgan fingerprint density at radius 2 is 2.10 bits per heavy atom. The van der Waals surface area contributed by atoms with Crippen LogP contribution in [0.3, 0.4) is 0 Å². The minimum atomic E-state index is -0.178. The van der Waals surface area contributed by atoms with E-state index in [0.29, 0.717) is 13.0 Å². The fraction of sp³-hybridized carbons (Fsp3) is 0.611. The zero-order valence-electron chi connectivity index (χ0n) is 14.1. The second kappa shape index (κ2) is 8.18. The number of carbonyl (C=O) groups is 1. The average Bonchev–Trinajstić information content (AvgIpc) is 2.64. The maximum absolute atomic E-state index is 12.3. The molecule has 1 atom stereocenters. The second-order valence-electron chi connectivity index (χ2n) is 6.51. The summed E-state index contributed by atoms with van der Waals surface area (Å²) in [6.07, 6.45) is 12.5. The van der Waals surface area contributed by atoms with Crippen LogP contribution >= 0.6 is 0 Å². The molecule has 118 valence electrons. The molecule has 0 aromatic rings. The van der Waals surface area contributed by atoms with Crippen molar-refractivity contribution in [3.05, 3.63) is 36.0 Å². The van der Waals surface area contributed by atoms with Crippen molar-refractivity contribution < 1.29 is 9.53 Å². The highest BCUT2D eigenvalue weighted by molar-refractivity contribution is 5.79. The molecule has 1 aliphatic rings. The molecule has 0 bridgehead atoms. The van der Waals surface area contributed by atoms with E-state index in [1.54, 1.807) is 4.90 Å². The van der Waals surface area contributed by atoms with Gasteiger partial charge < -0.3 is 9.64 Å². The first-order valence-electron chi connectivity index (χ1n) is 7.76. The Hall–Kier alpha value is -1.35. The summed E-state index contributed by atoms with van der Waals surface area (Å²) in [4.78, 5) is 14.1. The van der Waals surface area contributed by atoms with Crippen LogP contribution in [0.15, 0.2) is 36.0 Å². The van der Waals surface area contributed by atoms with Crippen molar-refractivity contribution in [1.29, 1.82) is 0 Å². The Kier molecular flexibility index (Phi) is 6.90. The Bertz CT molecular complexity index is 427. The quantitative estimate of drug-likeness (QED) is 0.743. The van der Waals surface area contributed by atoms with Gasteiger partial charge in [0.15, 0.2) is 0 Å². The lowest BCUT2D eigenvalue weighted by molar-refractivity contribution is -0.133. The highest BCUT2D eigenvalue weighted by atomic mass is 16.5. The van der Waals surface area contributed by atoms with Crippen LogP contribution in [-0.2, 0) is 9.53 Å². The van der Waals surface area contributed by atoms with Crippen molar-refractivity contribution >= 4 is 5.91 Å². The highest BCUT2D eigenvalue weighted by Gasteiger charge is 2.21. The number of nitrogens with zero attached hydrogens (tertiary/aromatic N) is 1. The lowest BCUT2D eigenvalue weighted by atomic mass is 10.1. The second-order valence-corrected chi connectivity index (χ2v) is 6.51. The fourth-order valence-corrected chi connectivity index (χ4v) is 2.22. The van der Waals surface area contributed by atoms with E-state index in [4.69, 9.17) is 4.74 Å². The Balaban J connectivity index is 2.51. The average molecular weight is 291 g/mol. The predicted octanol–water partition coefficient (Wildman–Crippen LogP) is 3.87. The van der Waals surface area contributed by atoms with Gasteiger partial charge >= 0.3 is 0 Å². The molecule has 21 heavy (non-hydrogen) atoms. The molecule has 0 saturated carbocycles. The van der Waals surface area contributed by atoms with Gasteiger partial charge in [-0.3, -0.25) is 4.79 Å². The molecule has 0 spiro atoms. The van der Waals surface area contributed by atoms with E-state index in [2.05, 4.69) is 19.1 Å². The lowest BCUT2D eigenvalue weighted by Crippen LogP contribution is -2.38. The van der Waals surface area contributed by atoms with Gasteiger partial charge in [0.25, 0.3) is 0 Å². The SMILES string of the molecule is CCC(CN(C)C(=O)CC1=CCC=CC=C1)OC(C)(C)C. The maximum atomic E-state index is 12.3. The van der Waals surface area contributed by atoms with Gasteiger partial charge in [0.1, 0.15) is 0 Å². The Labute approximate surface area is 129 Å². The topological polar surface area (TPSA) is 29.5 Å². The smallest absolute Gasteiger partial charge is 0.226 e. The van der Waals surface area contributed by atoms with Crippen LogP contribution in [0, 0.1) is 0 Å². The van der Waals surface area contributed by atoms with Gasteiger partial charge in [0, 0.05) is 13.6 Å². The van der Waals surface area contributed by atoms with Gasteiger partial charge in [-0.2, -0.15) is 0 Å². The van der Waals surface area contributed by atoms with Gasteiger partial charge in [-0.1, -0.05) is 37.3 Å². The molecule has 0 radical (unpaired) electrons. The molecule has 0 aromatic heterocycles. The van der Waals surface area contributed by atoms with Crippen molar-refractivity contribution in [2.75, 3.05) is 13.6 Å². The largest absolute Gasteiger partial charge is 0.371 e. The molecule has 3 nitrogen and oxygen atoms in total. The molecule has 1 aliphatic carbocycles. The van der Waals surface area contributed by atoms with Crippen LogP contribution in [-0.4, -0.2) is 36.1 Å². The fourth-order valence-electron chi connectivity index (χ4n) is 2.22. The zero-order chi connectivity index (χ0) is 15.9. The molecule has 0 saturated heterocycles. The Morgan fingerprint density at radius 3 is 2.71 bits per heavy atom.